The second-order valence-corrected chi connectivity index (χ2v) is 4.10. The van der Waals surface area contributed by atoms with Crippen molar-refractivity contribution in [3.8, 4) is 12.1 Å². The smallest absolute Gasteiger partial charge is 0.321 e. The first-order valence-electron chi connectivity index (χ1n) is 7.51. The lowest BCUT2D eigenvalue weighted by Crippen LogP contribution is -2.42. The third kappa shape index (κ3) is 12.2. The fourth-order valence-corrected chi connectivity index (χ4v) is 1.14. The molecule has 0 aromatic heterocycles. The highest BCUT2D eigenvalue weighted by atomic mass is 16.6. The van der Waals surface area contributed by atoms with Gasteiger partial charge in [0.25, 0.3) is 11.8 Å². The van der Waals surface area contributed by atoms with Crippen molar-refractivity contribution in [3.63, 3.8) is 0 Å². The minimum Gasteiger partial charge on any atom is -0.398 e. The Bertz CT molecular complexity index is 644. The number of carbonyl (C=O) groups is 4. The summed E-state index contributed by atoms with van der Waals surface area (Å²) in [6, 6.07) is 1.60. The maximum Gasteiger partial charge on any atom is 0.321 e. The molecule has 28 heavy (non-hydrogen) atoms. The van der Waals surface area contributed by atoms with Crippen LogP contribution in [0.5, 0.6) is 0 Å². The largest absolute Gasteiger partial charge is 0.398 e. The van der Waals surface area contributed by atoms with Crippen LogP contribution >= 0.6 is 0 Å². The maximum absolute atomic E-state index is 11.0. The van der Waals surface area contributed by atoms with Crippen molar-refractivity contribution in [3.05, 3.63) is 0 Å². The fourth-order valence-electron chi connectivity index (χ4n) is 1.14. The predicted molar refractivity (Wildman–Crippen MR) is 94.5 cm³/mol. The van der Waals surface area contributed by atoms with E-state index in [0.29, 0.717) is 13.1 Å². The van der Waals surface area contributed by atoms with E-state index in [-0.39, 0.29) is 0 Å². The van der Waals surface area contributed by atoms with Gasteiger partial charge in [-0.1, -0.05) is 10.3 Å². The van der Waals surface area contributed by atoms with Gasteiger partial charge in [0, 0.05) is 13.1 Å². The van der Waals surface area contributed by atoms with E-state index in [1.54, 1.807) is 13.8 Å². The number of amides is 6. The lowest BCUT2D eigenvalue weighted by atomic mass is 10.4. The Balaban J connectivity index is 0. The van der Waals surface area contributed by atoms with Crippen LogP contribution in [0.1, 0.15) is 13.8 Å². The normalized spacial score (nSPS) is 9.93. The van der Waals surface area contributed by atoms with Gasteiger partial charge in [-0.15, -0.1) is 0 Å². The minimum atomic E-state index is -0.903. The topological polar surface area (TPSA) is 207 Å². The number of rotatable bonds is 6. The van der Waals surface area contributed by atoms with Gasteiger partial charge in [-0.2, -0.15) is 10.5 Å². The highest BCUT2D eigenvalue weighted by molar-refractivity contribution is 6.47. The van der Waals surface area contributed by atoms with Crippen LogP contribution in [0, 0.1) is 22.7 Å². The Morgan fingerprint density at radius 3 is 1.32 bits per heavy atom. The molecular formula is C14H20N8O6. The van der Waals surface area contributed by atoms with E-state index < -0.39 is 35.3 Å². The average Bonchev–Trinajstić information content (AvgIpc) is 2.64. The Morgan fingerprint density at radius 1 is 0.786 bits per heavy atom. The van der Waals surface area contributed by atoms with Crippen molar-refractivity contribution >= 4 is 35.3 Å². The number of hydrogen-bond acceptors (Lipinski definition) is 10. The van der Waals surface area contributed by atoms with E-state index in [0.717, 1.165) is 0 Å². The molecule has 0 spiro atoms. The van der Waals surface area contributed by atoms with Crippen LogP contribution in [-0.2, 0) is 19.3 Å². The zero-order valence-electron chi connectivity index (χ0n) is 15.7. The van der Waals surface area contributed by atoms with Crippen molar-refractivity contribution in [2.45, 2.75) is 13.8 Å². The van der Waals surface area contributed by atoms with Gasteiger partial charge in [-0.05, 0) is 13.8 Å². The Morgan fingerprint density at radius 2 is 1.11 bits per heavy atom. The Kier molecular flexibility index (Phi) is 15.1. The van der Waals surface area contributed by atoms with Crippen LogP contribution in [0.4, 0.5) is 9.59 Å². The summed E-state index contributed by atoms with van der Waals surface area (Å²) in [5.74, 6) is -1.81. The van der Waals surface area contributed by atoms with Crippen LogP contribution in [0.25, 0.3) is 0 Å². The van der Waals surface area contributed by atoms with Crippen molar-refractivity contribution in [2.75, 3.05) is 27.3 Å². The SMILES string of the molecule is CCNC(=O)NC(=O)/C(C#N)=N/OC.CCNC(=O)NC(=O)/C(C#N)=N\OC. The molecule has 0 aliphatic rings. The van der Waals surface area contributed by atoms with Gasteiger partial charge in [0.2, 0.25) is 11.4 Å². The second-order valence-electron chi connectivity index (χ2n) is 4.10. The molecule has 0 fully saturated rings. The summed E-state index contributed by atoms with van der Waals surface area (Å²) < 4.78 is 0. The van der Waals surface area contributed by atoms with E-state index in [1.165, 1.54) is 26.4 Å². The Hall–Kier alpha value is -4.20. The first-order valence-corrected chi connectivity index (χ1v) is 7.51. The summed E-state index contributed by atoms with van der Waals surface area (Å²) in [5.41, 5.74) is -1.03. The van der Waals surface area contributed by atoms with Gasteiger partial charge >= 0.3 is 12.1 Å². The van der Waals surface area contributed by atoms with E-state index >= 15 is 0 Å². The van der Waals surface area contributed by atoms with Crippen molar-refractivity contribution in [1.29, 1.82) is 10.5 Å². The summed E-state index contributed by atoms with van der Waals surface area (Å²) in [7, 11) is 2.38. The minimum absolute atomic E-state index is 0.377. The Labute approximate surface area is 160 Å². The molecule has 14 nitrogen and oxygen atoms in total. The number of nitrogens with zero attached hydrogens (tertiary/aromatic N) is 4. The predicted octanol–water partition coefficient (Wildman–Crippen LogP) is -1.28. The van der Waals surface area contributed by atoms with Gasteiger partial charge in [0.1, 0.15) is 26.4 Å². The lowest BCUT2D eigenvalue weighted by molar-refractivity contribution is -0.114. The molecule has 0 aliphatic carbocycles. The maximum atomic E-state index is 11.0. The summed E-state index contributed by atoms with van der Waals surface area (Å²) in [4.78, 5) is 52.2. The molecule has 0 heterocycles. The van der Waals surface area contributed by atoms with Gasteiger partial charge in [-0.25, -0.2) is 9.59 Å². The summed E-state index contributed by atoms with van der Waals surface area (Å²) in [5, 5.41) is 31.5. The number of urea groups is 2. The van der Waals surface area contributed by atoms with Gasteiger partial charge in [-0.3, -0.25) is 20.2 Å². The number of carbonyl (C=O) groups excluding carboxylic acids is 4. The molecular weight excluding hydrogens is 376 g/mol. The molecule has 0 saturated heterocycles. The average molecular weight is 396 g/mol. The van der Waals surface area contributed by atoms with Crippen LogP contribution in [0.2, 0.25) is 0 Å². The molecule has 0 rings (SSSR count). The molecule has 0 unspecified atom stereocenters. The zero-order valence-corrected chi connectivity index (χ0v) is 15.7. The molecule has 0 atom stereocenters. The standard InChI is InChI=1S/2C7H10N4O3/c2*1-3-9-7(13)10-6(12)5(4-8)11-14-2/h2*3H2,1-2H3,(H2,9,10,12,13)/b11-5+;11-5-. The van der Waals surface area contributed by atoms with Crippen LogP contribution in [-0.4, -0.2) is 62.6 Å². The second kappa shape index (κ2) is 16.3. The molecule has 0 aliphatic heterocycles. The lowest BCUT2D eigenvalue weighted by Gasteiger charge is -2.01. The summed E-state index contributed by atoms with van der Waals surface area (Å²) in [6.07, 6.45) is 0. The first kappa shape index (κ1) is 26.0. The van der Waals surface area contributed by atoms with E-state index in [2.05, 4.69) is 30.6 Å². The molecule has 0 saturated carbocycles. The zero-order chi connectivity index (χ0) is 21.9. The third-order valence-corrected chi connectivity index (χ3v) is 2.14. The molecule has 14 heteroatoms. The molecule has 0 radical (unpaired) electrons. The van der Waals surface area contributed by atoms with Crippen molar-refractivity contribution in [1.82, 2.24) is 21.3 Å². The molecule has 0 aromatic rings. The molecule has 6 amide bonds. The van der Waals surface area contributed by atoms with Crippen molar-refractivity contribution < 1.29 is 28.9 Å². The third-order valence-electron chi connectivity index (χ3n) is 2.14. The quantitative estimate of drug-likeness (QED) is 0.313. The number of oxime groups is 2. The molecule has 152 valence electrons. The van der Waals surface area contributed by atoms with E-state index in [1.807, 2.05) is 10.6 Å². The van der Waals surface area contributed by atoms with Crippen LogP contribution < -0.4 is 21.3 Å². The number of nitriles is 2. The molecule has 0 bridgehead atoms. The first-order chi connectivity index (χ1) is 13.3. The van der Waals surface area contributed by atoms with Gasteiger partial charge in [0.15, 0.2) is 0 Å². The van der Waals surface area contributed by atoms with Crippen molar-refractivity contribution in [2.24, 2.45) is 10.3 Å². The highest BCUT2D eigenvalue weighted by Crippen LogP contribution is 1.80. The number of hydrogen-bond donors (Lipinski definition) is 4. The van der Waals surface area contributed by atoms with E-state index in [4.69, 9.17) is 10.5 Å². The fraction of sp³-hybridized carbons (Fsp3) is 0.429. The van der Waals surface area contributed by atoms with Crippen LogP contribution in [0.3, 0.4) is 0 Å². The molecule has 4 N–H and O–H groups in total. The highest BCUT2D eigenvalue weighted by Gasteiger charge is 2.15. The molecule has 0 aromatic carbocycles. The number of nitrogens with one attached hydrogen (secondary N) is 4. The van der Waals surface area contributed by atoms with Crippen LogP contribution in [0.15, 0.2) is 10.3 Å². The van der Waals surface area contributed by atoms with E-state index in [9.17, 15) is 19.2 Å². The summed E-state index contributed by atoms with van der Waals surface area (Å²) in [6.45, 7) is 4.14. The summed E-state index contributed by atoms with van der Waals surface area (Å²) >= 11 is 0. The number of imide groups is 2. The van der Waals surface area contributed by atoms with Gasteiger partial charge < -0.3 is 20.3 Å². The van der Waals surface area contributed by atoms with Gasteiger partial charge in [0.05, 0.1) is 0 Å². The monoisotopic (exact) mass is 396 g/mol.